The number of nitrogens with two attached hydrogens (primary N) is 1. The van der Waals surface area contributed by atoms with E-state index in [9.17, 15) is 13.2 Å². The predicted molar refractivity (Wildman–Crippen MR) is 140 cm³/mol. The van der Waals surface area contributed by atoms with E-state index in [4.69, 9.17) is 10.7 Å². The number of aliphatic imine (C=N–C) groups is 1. The Morgan fingerprint density at radius 2 is 1.44 bits per heavy atom. The maximum atomic E-state index is 14.0. The van der Waals surface area contributed by atoms with Crippen LogP contribution >= 0.6 is 0 Å². The van der Waals surface area contributed by atoms with E-state index in [2.05, 4.69) is 0 Å². The Bertz CT molecular complexity index is 1310. The Morgan fingerprint density at radius 1 is 0.889 bits per heavy atom. The molecule has 1 saturated heterocycles. The van der Waals surface area contributed by atoms with Gasteiger partial charge in [-0.25, -0.2) is 17.7 Å². The van der Waals surface area contributed by atoms with E-state index in [1.807, 2.05) is 91.0 Å². The Kier molecular flexibility index (Phi) is 6.64. The number of sulfonamides is 1. The molecule has 0 radical (unpaired) electrons. The second-order valence-corrected chi connectivity index (χ2v) is 11.4. The van der Waals surface area contributed by atoms with Gasteiger partial charge in [-0.05, 0) is 35.4 Å². The molecule has 0 unspecified atom stereocenters. The number of piperidine rings is 1. The molecular weight excluding hydrogens is 472 g/mol. The van der Waals surface area contributed by atoms with Crippen molar-refractivity contribution in [2.75, 3.05) is 19.6 Å². The molecule has 2 N–H and O–H groups in total. The van der Waals surface area contributed by atoms with E-state index < -0.39 is 15.6 Å². The topological polar surface area (TPSA) is 96.1 Å². The summed E-state index contributed by atoms with van der Waals surface area (Å²) in [6.45, 7) is 1.17. The Labute approximate surface area is 212 Å². The van der Waals surface area contributed by atoms with Crippen LogP contribution in [0.1, 0.15) is 29.5 Å². The number of hydrogen-bond acceptors (Lipinski definition) is 5. The number of guanidine groups is 1. The summed E-state index contributed by atoms with van der Waals surface area (Å²) in [5.74, 6) is -0.110. The molecule has 1 amide bonds. The number of rotatable bonds is 7. The van der Waals surface area contributed by atoms with Crippen molar-refractivity contribution in [2.24, 2.45) is 16.6 Å². The largest absolute Gasteiger partial charge is 0.369 e. The van der Waals surface area contributed by atoms with Crippen molar-refractivity contribution < 1.29 is 13.2 Å². The van der Waals surface area contributed by atoms with Crippen LogP contribution in [0.3, 0.4) is 0 Å². The molecule has 2 aliphatic heterocycles. The van der Waals surface area contributed by atoms with Crippen molar-refractivity contribution in [2.45, 2.75) is 24.1 Å². The van der Waals surface area contributed by atoms with E-state index in [-0.39, 0.29) is 23.5 Å². The van der Waals surface area contributed by atoms with E-state index in [0.717, 1.165) is 29.5 Å². The quantitative estimate of drug-likeness (QED) is 0.536. The number of carbonyl (C=O) groups is 1. The molecule has 1 fully saturated rings. The average Bonchev–Trinajstić information content (AvgIpc) is 3.16. The van der Waals surface area contributed by atoms with Crippen LogP contribution in [-0.4, -0.2) is 49.1 Å². The fourth-order valence-corrected chi connectivity index (χ4v) is 6.86. The van der Waals surface area contributed by atoms with Crippen LogP contribution in [0.25, 0.3) is 0 Å². The van der Waals surface area contributed by atoms with Crippen LogP contribution in [-0.2, 0) is 26.1 Å². The Morgan fingerprint density at radius 3 is 2.03 bits per heavy atom. The van der Waals surface area contributed by atoms with Crippen molar-refractivity contribution in [3.8, 4) is 0 Å². The molecule has 8 heteroatoms. The van der Waals surface area contributed by atoms with Crippen LogP contribution in [0, 0.1) is 5.92 Å². The number of nitrogens with zero attached hydrogens (tertiary/aromatic N) is 3. The highest BCUT2D eigenvalue weighted by atomic mass is 32.2. The summed E-state index contributed by atoms with van der Waals surface area (Å²) < 4.78 is 27.8. The maximum absolute atomic E-state index is 14.0. The van der Waals surface area contributed by atoms with Crippen molar-refractivity contribution in [1.29, 1.82) is 0 Å². The highest BCUT2D eigenvalue weighted by Gasteiger charge is 2.51. The highest BCUT2D eigenvalue weighted by molar-refractivity contribution is 7.88. The smallest absolute Gasteiger partial charge is 0.266 e. The summed E-state index contributed by atoms with van der Waals surface area (Å²) in [4.78, 5) is 20.3. The highest BCUT2D eigenvalue weighted by Crippen LogP contribution is 2.40. The molecule has 7 nitrogen and oxygen atoms in total. The zero-order chi connectivity index (χ0) is 25.2. The monoisotopic (exact) mass is 502 g/mol. The van der Waals surface area contributed by atoms with Crippen LogP contribution in [0.2, 0.25) is 0 Å². The van der Waals surface area contributed by atoms with Gasteiger partial charge in [0.25, 0.3) is 5.91 Å². The summed E-state index contributed by atoms with van der Waals surface area (Å²) in [5, 5.41) is 0. The lowest BCUT2D eigenvalue weighted by atomic mass is 9.82. The number of hydrogen-bond donors (Lipinski definition) is 1. The number of amides is 1. The lowest BCUT2D eigenvalue weighted by molar-refractivity contribution is -0.130. The third-order valence-electron chi connectivity index (χ3n) is 7.00. The molecule has 2 aliphatic rings. The van der Waals surface area contributed by atoms with Crippen LogP contribution in [0.4, 0.5) is 0 Å². The molecule has 0 saturated carbocycles. The van der Waals surface area contributed by atoms with Gasteiger partial charge >= 0.3 is 0 Å². The summed E-state index contributed by atoms with van der Waals surface area (Å²) >= 11 is 0. The first-order valence-corrected chi connectivity index (χ1v) is 13.8. The second kappa shape index (κ2) is 9.87. The molecule has 0 spiro atoms. The van der Waals surface area contributed by atoms with E-state index >= 15 is 0 Å². The van der Waals surface area contributed by atoms with Gasteiger partial charge in [0.15, 0.2) is 11.5 Å². The minimum absolute atomic E-state index is 0.0298. The van der Waals surface area contributed by atoms with E-state index in [0.29, 0.717) is 19.6 Å². The van der Waals surface area contributed by atoms with Crippen LogP contribution in [0.5, 0.6) is 0 Å². The normalized spacial score (nSPS) is 20.3. The van der Waals surface area contributed by atoms with Gasteiger partial charge in [-0.2, -0.15) is 0 Å². The first-order chi connectivity index (χ1) is 17.4. The fourth-order valence-electron chi connectivity index (χ4n) is 5.22. The van der Waals surface area contributed by atoms with Gasteiger partial charge in [0.1, 0.15) is 0 Å². The molecule has 1 atom stereocenters. The van der Waals surface area contributed by atoms with Gasteiger partial charge in [-0.15, -0.1) is 0 Å². The predicted octanol–water partition coefficient (Wildman–Crippen LogP) is 3.33. The molecule has 0 aliphatic carbocycles. The van der Waals surface area contributed by atoms with E-state index in [1.54, 1.807) is 4.31 Å². The summed E-state index contributed by atoms with van der Waals surface area (Å²) in [6, 6.07) is 28.1. The maximum Gasteiger partial charge on any atom is 0.266 e. The first-order valence-electron chi connectivity index (χ1n) is 12.2. The van der Waals surface area contributed by atoms with Gasteiger partial charge in [0, 0.05) is 19.6 Å². The molecule has 3 aromatic rings. The van der Waals surface area contributed by atoms with Gasteiger partial charge in [0.05, 0.1) is 5.75 Å². The molecule has 36 heavy (non-hydrogen) atoms. The standard InChI is InChI=1S/C28H30N4O3S/c29-27-30-28(24-14-6-2-7-15-24,25-16-8-3-9-17-25)26(33)32(27)20-23-13-10-18-31(19-23)36(34,35)21-22-11-4-1-5-12-22/h1-9,11-12,14-17,23H,10,13,18-21H2,(H2,29,30)/t23-/m0/s1. The average molecular weight is 503 g/mol. The minimum Gasteiger partial charge on any atom is -0.369 e. The van der Waals surface area contributed by atoms with Gasteiger partial charge in [-0.1, -0.05) is 91.0 Å². The van der Waals surface area contributed by atoms with Crippen molar-refractivity contribution >= 4 is 21.9 Å². The fraction of sp³-hybridized carbons (Fsp3) is 0.286. The molecular formula is C28H30N4O3S. The van der Waals surface area contributed by atoms with Crippen LogP contribution in [0.15, 0.2) is 96.0 Å². The summed E-state index contributed by atoms with van der Waals surface area (Å²) in [7, 11) is -3.47. The zero-order valence-corrected chi connectivity index (χ0v) is 20.8. The van der Waals surface area contributed by atoms with Crippen molar-refractivity contribution in [3.63, 3.8) is 0 Å². The summed E-state index contributed by atoms with van der Waals surface area (Å²) in [5.41, 5.74) is 7.40. The zero-order valence-electron chi connectivity index (χ0n) is 20.0. The van der Waals surface area contributed by atoms with E-state index in [1.165, 1.54) is 4.90 Å². The summed E-state index contributed by atoms with van der Waals surface area (Å²) in [6.07, 6.45) is 1.55. The molecule has 2 heterocycles. The molecule has 3 aromatic carbocycles. The molecule has 0 aromatic heterocycles. The Hall–Kier alpha value is -3.49. The first kappa shape index (κ1) is 24.2. The lowest BCUT2D eigenvalue weighted by Crippen LogP contribution is -2.49. The van der Waals surface area contributed by atoms with Crippen molar-refractivity contribution in [3.05, 3.63) is 108 Å². The third-order valence-corrected chi connectivity index (χ3v) is 8.82. The molecule has 5 rings (SSSR count). The molecule has 0 bridgehead atoms. The SMILES string of the molecule is NC1=NC(c2ccccc2)(c2ccccc2)C(=O)N1C[C@H]1CCCN(S(=O)(=O)Cc2ccccc2)C1. The lowest BCUT2D eigenvalue weighted by Gasteiger charge is -2.34. The third kappa shape index (κ3) is 4.54. The molecule has 186 valence electrons. The Balaban J connectivity index is 1.38. The number of benzene rings is 3. The van der Waals surface area contributed by atoms with Crippen LogP contribution < -0.4 is 5.73 Å². The van der Waals surface area contributed by atoms with Crippen molar-refractivity contribution in [1.82, 2.24) is 9.21 Å². The van der Waals surface area contributed by atoms with Gasteiger partial charge in [-0.3, -0.25) is 9.69 Å². The number of carbonyl (C=O) groups excluding carboxylic acids is 1. The minimum atomic E-state index is -3.47. The second-order valence-electron chi connectivity index (χ2n) is 9.44. The van der Waals surface area contributed by atoms with Gasteiger partial charge in [0.2, 0.25) is 10.0 Å². The van der Waals surface area contributed by atoms with Gasteiger partial charge < -0.3 is 5.73 Å².